The van der Waals surface area contributed by atoms with Gasteiger partial charge in [-0.3, -0.25) is 0 Å². The zero-order valence-electron chi connectivity index (χ0n) is 13.2. The molecule has 0 fully saturated rings. The van der Waals surface area contributed by atoms with E-state index in [1.54, 1.807) is 18.4 Å². The average Bonchev–Trinajstić information content (AvgIpc) is 2.84. The molecule has 3 nitrogen and oxygen atoms in total. The van der Waals surface area contributed by atoms with Gasteiger partial charge in [-0.1, -0.05) is 18.2 Å². The predicted molar refractivity (Wildman–Crippen MR) is 94.0 cm³/mol. The van der Waals surface area contributed by atoms with Crippen molar-refractivity contribution in [1.29, 1.82) is 0 Å². The molecule has 2 aromatic carbocycles. The fourth-order valence-electron chi connectivity index (χ4n) is 2.63. The third-order valence-electron chi connectivity index (χ3n) is 3.54. The largest absolute Gasteiger partial charge is 0.497 e. The van der Waals surface area contributed by atoms with Crippen molar-refractivity contribution < 1.29 is 9.47 Å². The van der Waals surface area contributed by atoms with Crippen LogP contribution in [0.5, 0.6) is 17.2 Å². The van der Waals surface area contributed by atoms with Gasteiger partial charge in [0, 0.05) is 30.4 Å². The van der Waals surface area contributed by atoms with Gasteiger partial charge in [0.2, 0.25) is 0 Å². The van der Waals surface area contributed by atoms with Crippen LogP contribution in [0.4, 0.5) is 5.69 Å². The van der Waals surface area contributed by atoms with Gasteiger partial charge < -0.3 is 14.4 Å². The van der Waals surface area contributed by atoms with Crippen molar-refractivity contribution in [1.82, 2.24) is 0 Å². The smallest absolute Gasteiger partial charge is 0.145 e. The number of thiophene rings is 1. The minimum absolute atomic E-state index is 0.782. The number of methoxy groups -OCH3 is 1. The molecule has 0 spiro atoms. The maximum Gasteiger partial charge on any atom is 0.145 e. The van der Waals surface area contributed by atoms with Gasteiger partial charge in [-0.05, 0) is 25.1 Å². The maximum absolute atomic E-state index is 6.09. The number of hydrogen-bond acceptors (Lipinski definition) is 4. The lowest BCUT2D eigenvalue weighted by Gasteiger charge is -2.13. The second-order valence-corrected chi connectivity index (χ2v) is 6.54. The summed E-state index contributed by atoms with van der Waals surface area (Å²) in [5.41, 5.74) is 1.26. The fraction of sp³-hybridized carbons (Fsp3) is 0.222. The van der Waals surface area contributed by atoms with Gasteiger partial charge in [-0.2, -0.15) is 0 Å². The van der Waals surface area contributed by atoms with Crippen molar-refractivity contribution >= 4 is 27.1 Å². The van der Waals surface area contributed by atoms with Crippen LogP contribution in [0, 0.1) is 6.92 Å². The predicted octanol–water partition coefficient (Wildman–Crippen LogP) is 5.08. The van der Waals surface area contributed by atoms with Gasteiger partial charge in [-0.25, -0.2) is 0 Å². The summed E-state index contributed by atoms with van der Waals surface area (Å²) >= 11 is 1.76. The summed E-state index contributed by atoms with van der Waals surface area (Å²) in [6.07, 6.45) is 0. The van der Waals surface area contributed by atoms with Crippen LogP contribution >= 0.6 is 11.3 Å². The van der Waals surface area contributed by atoms with Crippen LogP contribution in [-0.4, -0.2) is 21.2 Å². The van der Waals surface area contributed by atoms with E-state index in [4.69, 9.17) is 9.47 Å². The zero-order chi connectivity index (χ0) is 15.7. The van der Waals surface area contributed by atoms with Gasteiger partial charge in [-0.15, -0.1) is 11.3 Å². The number of aryl methyl sites for hydroxylation is 1. The van der Waals surface area contributed by atoms with Gasteiger partial charge >= 0.3 is 0 Å². The number of ether oxygens (including phenoxy) is 2. The van der Waals surface area contributed by atoms with E-state index >= 15 is 0 Å². The molecule has 0 atom stereocenters. The number of benzene rings is 2. The first-order valence-corrected chi connectivity index (χ1v) is 7.93. The quantitative estimate of drug-likeness (QED) is 0.670. The van der Waals surface area contributed by atoms with Crippen LogP contribution in [-0.2, 0) is 0 Å². The van der Waals surface area contributed by atoms with Crippen LogP contribution in [0.25, 0.3) is 10.1 Å². The fourth-order valence-corrected chi connectivity index (χ4v) is 3.81. The molecule has 0 bridgehead atoms. The molecule has 3 aromatic rings. The monoisotopic (exact) mass is 313 g/mol. The molecule has 0 saturated carbocycles. The minimum Gasteiger partial charge on any atom is -0.497 e. The molecular formula is C18H19NO2S. The standard InChI is InChI=1S/C18H19NO2S/c1-12-17(19(2)3)15-9-6-10-16(18(15)22-12)21-14-8-5-7-13(11-14)20-4/h5-11H,1-4H3. The molecule has 0 aliphatic rings. The van der Waals surface area contributed by atoms with Crippen molar-refractivity contribution in [3.8, 4) is 17.2 Å². The van der Waals surface area contributed by atoms with Crippen molar-refractivity contribution in [2.75, 3.05) is 26.1 Å². The first-order chi connectivity index (χ1) is 10.6. The Hall–Kier alpha value is -2.20. The first kappa shape index (κ1) is 14.7. The van der Waals surface area contributed by atoms with Crippen molar-refractivity contribution in [3.63, 3.8) is 0 Å². The summed E-state index contributed by atoms with van der Waals surface area (Å²) in [7, 11) is 5.81. The topological polar surface area (TPSA) is 21.7 Å². The molecule has 4 heteroatoms. The normalized spacial score (nSPS) is 10.7. The minimum atomic E-state index is 0.782. The summed E-state index contributed by atoms with van der Waals surface area (Å²) < 4.78 is 12.5. The SMILES string of the molecule is COc1cccc(Oc2cccc3c(N(C)C)c(C)sc23)c1. The maximum atomic E-state index is 6.09. The lowest BCUT2D eigenvalue weighted by atomic mass is 10.2. The van der Waals surface area contributed by atoms with Crippen LogP contribution in [0.1, 0.15) is 4.88 Å². The molecule has 1 aromatic heterocycles. The van der Waals surface area contributed by atoms with E-state index in [0.717, 1.165) is 17.2 Å². The molecule has 1 heterocycles. The van der Waals surface area contributed by atoms with E-state index in [-0.39, 0.29) is 0 Å². The van der Waals surface area contributed by atoms with Crippen molar-refractivity contribution in [3.05, 3.63) is 47.3 Å². The number of rotatable bonds is 4. The lowest BCUT2D eigenvalue weighted by Crippen LogP contribution is -2.08. The zero-order valence-corrected chi connectivity index (χ0v) is 14.0. The highest BCUT2D eigenvalue weighted by Gasteiger charge is 2.14. The van der Waals surface area contributed by atoms with Crippen molar-refractivity contribution in [2.24, 2.45) is 0 Å². The van der Waals surface area contributed by atoms with Gasteiger partial charge in [0.25, 0.3) is 0 Å². The summed E-state index contributed by atoms with van der Waals surface area (Å²) in [4.78, 5) is 3.45. The number of hydrogen-bond donors (Lipinski definition) is 0. The third-order valence-corrected chi connectivity index (χ3v) is 4.66. The molecule has 0 aliphatic carbocycles. The number of nitrogens with zero attached hydrogens (tertiary/aromatic N) is 1. The van der Waals surface area contributed by atoms with Gasteiger partial charge in [0.05, 0.1) is 17.5 Å². The number of fused-ring (bicyclic) bond motifs is 1. The van der Waals surface area contributed by atoms with Gasteiger partial charge in [0.1, 0.15) is 17.2 Å². The Bertz CT molecular complexity index is 808. The molecule has 0 unspecified atom stereocenters. The Morgan fingerprint density at radius 3 is 2.45 bits per heavy atom. The van der Waals surface area contributed by atoms with E-state index < -0.39 is 0 Å². The van der Waals surface area contributed by atoms with E-state index in [1.807, 2.05) is 36.4 Å². The summed E-state index contributed by atoms with van der Waals surface area (Å²) in [5, 5.41) is 1.23. The second kappa shape index (κ2) is 5.89. The van der Waals surface area contributed by atoms with Gasteiger partial charge in [0.15, 0.2) is 0 Å². The molecule has 0 saturated heterocycles. The molecule has 114 valence electrons. The molecule has 22 heavy (non-hydrogen) atoms. The summed E-state index contributed by atoms with van der Waals surface area (Å²) in [5.74, 6) is 2.46. The Kier molecular flexibility index (Phi) is 3.94. The van der Waals surface area contributed by atoms with Crippen LogP contribution in [0.2, 0.25) is 0 Å². The number of anilines is 1. The Balaban J connectivity index is 2.06. The van der Waals surface area contributed by atoms with Crippen molar-refractivity contribution in [2.45, 2.75) is 6.92 Å². The summed E-state index contributed by atoms with van der Waals surface area (Å²) in [6, 6.07) is 13.9. The van der Waals surface area contributed by atoms with E-state index in [2.05, 4.69) is 32.0 Å². The Labute approximate surface area is 134 Å². The highest BCUT2D eigenvalue weighted by atomic mass is 32.1. The highest BCUT2D eigenvalue weighted by Crippen LogP contribution is 2.42. The van der Waals surface area contributed by atoms with Crippen LogP contribution in [0.15, 0.2) is 42.5 Å². The first-order valence-electron chi connectivity index (χ1n) is 7.11. The lowest BCUT2D eigenvalue weighted by molar-refractivity contribution is 0.409. The average molecular weight is 313 g/mol. The van der Waals surface area contributed by atoms with Crippen LogP contribution in [0.3, 0.4) is 0 Å². The molecule has 0 amide bonds. The molecular weight excluding hydrogens is 294 g/mol. The molecule has 0 radical (unpaired) electrons. The Morgan fingerprint density at radius 1 is 1.00 bits per heavy atom. The third kappa shape index (κ3) is 2.62. The summed E-state index contributed by atoms with van der Waals surface area (Å²) in [6.45, 7) is 2.15. The molecule has 0 N–H and O–H groups in total. The van der Waals surface area contributed by atoms with E-state index in [1.165, 1.54) is 20.7 Å². The molecule has 0 aliphatic heterocycles. The Morgan fingerprint density at radius 2 is 1.73 bits per heavy atom. The highest BCUT2D eigenvalue weighted by molar-refractivity contribution is 7.20. The molecule has 3 rings (SSSR count). The van der Waals surface area contributed by atoms with Crippen LogP contribution < -0.4 is 14.4 Å². The second-order valence-electron chi connectivity index (χ2n) is 5.32. The van der Waals surface area contributed by atoms with E-state index in [9.17, 15) is 0 Å². The van der Waals surface area contributed by atoms with E-state index in [0.29, 0.717) is 0 Å².